The van der Waals surface area contributed by atoms with Crippen molar-refractivity contribution in [1.29, 1.82) is 0 Å². The Morgan fingerprint density at radius 1 is 1.29 bits per heavy atom. The van der Waals surface area contributed by atoms with Crippen molar-refractivity contribution in [3.63, 3.8) is 0 Å². The summed E-state index contributed by atoms with van der Waals surface area (Å²) in [5.41, 5.74) is 0.989. The molecule has 0 saturated carbocycles. The van der Waals surface area contributed by atoms with E-state index in [1.165, 1.54) is 0 Å². The van der Waals surface area contributed by atoms with Gasteiger partial charge in [-0.15, -0.1) is 0 Å². The van der Waals surface area contributed by atoms with Gasteiger partial charge in [-0.2, -0.15) is 0 Å². The van der Waals surface area contributed by atoms with Crippen molar-refractivity contribution in [3.05, 3.63) is 51.6 Å². The SMILES string of the molecule is CC(C)(C)NCc1cc(Br)cnc1Oc1ccccc1Cl. The molecular formula is C16H18BrClN2O. The highest BCUT2D eigenvalue weighted by atomic mass is 79.9. The third kappa shape index (κ3) is 4.99. The number of benzene rings is 1. The summed E-state index contributed by atoms with van der Waals surface area (Å²) < 4.78 is 6.77. The first kappa shape index (κ1) is 16.3. The number of pyridine rings is 1. The molecular weight excluding hydrogens is 352 g/mol. The zero-order valence-electron chi connectivity index (χ0n) is 12.3. The van der Waals surface area contributed by atoms with Gasteiger partial charge in [0.15, 0.2) is 0 Å². The fourth-order valence-corrected chi connectivity index (χ4v) is 2.23. The standard InChI is InChI=1S/C16H18BrClN2O/c1-16(2,3)20-9-11-8-12(17)10-19-15(11)21-14-7-5-4-6-13(14)18/h4-8,10,20H,9H2,1-3H3. The molecule has 0 bridgehead atoms. The van der Waals surface area contributed by atoms with Gasteiger partial charge in [0.05, 0.1) is 5.02 Å². The highest BCUT2D eigenvalue weighted by Crippen LogP contribution is 2.30. The summed E-state index contributed by atoms with van der Waals surface area (Å²) >= 11 is 9.57. The molecule has 3 nitrogen and oxygen atoms in total. The third-order valence-corrected chi connectivity index (χ3v) is 3.49. The van der Waals surface area contributed by atoms with Crippen molar-refractivity contribution < 1.29 is 4.74 Å². The van der Waals surface area contributed by atoms with E-state index in [9.17, 15) is 0 Å². The molecule has 112 valence electrons. The second kappa shape index (κ2) is 6.77. The molecule has 0 aliphatic carbocycles. The van der Waals surface area contributed by atoms with Gasteiger partial charge in [0, 0.05) is 28.3 Å². The van der Waals surface area contributed by atoms with Crippen LogP contribution in [0.2, 0.25) is 5.02 Å². The number of para-hydroxylation sites is 1. The number of nitrogens with zero attached hydrogens (tertiary/aromatic N) is 1. The maximum atomic E-state index is 6.13. The minimum atomic E-state index is 0.0178. The Morgan fingerprint density at radius 3 is 2.67 bits per heavy atom. The minimum Gasteiger partial charge on any atom is -0.437 e. The largest absolute Gasteiger partial charge is 0.437 e. The molecule has 2 aromatic rings. The van der Waals surface area contributed by atoms with Gasteiger partial charge >= 0.3 is 0 Å². The molecule has 0 radical (unpaired) electrons. The van der Waals surface area contributed by atoms with Crippen LogP contribution in [0.3, 0.4) is 0 Å². The molecule has 0 aliphatic heterocycles. The van der Waals surface area contributed by atoms with Crippen molar-refractivity contribution in [3.8, 4) is 11.6 Å². The molecule has 0 spiro atoms. The van der Waals surface area contributed by atoms with Gasteiger partial charge in [-0.25, -0.2) is 4.98 Å². The lowest BCUT2D eigenvalue weighted by Gasteiger charge is -2.21. The Morgan fingerprint density at radius 2 is 2.00 bits per heavy atom. The van der Waals surface area contributed by atoms with Crippen LogP contribution in [0.1, 0.15) is 26.3 Å². The maximum absolute atomic E-state index is 6.13. The third-order valence-electron chi connectivity index (χ3n) is 2.74. The average molecular weight is 370 g/mol. The van der Waals surface area contributed by atoms with Crippen molar-refractivity contribution in [2.45, 2.75) is 32.9 Å². The van der Waals surface area contributed by atoms with E-state index in [-0.39, 0.29) is 5.54 Å². The first-order chi connectivity index (χ1) is 9.85. The summed E-state index contributed by atoms with van der Waals surface area (Å²) in [6.45, 7) is 7.02. The summed E-state index contributed by atoms with van der Waals surface area (Å²) in [5, 5.41) is 4.00. The second-order valence-corrected chi connectivity index (χ2v) is 7.08. The van der Waals surface area contributed by atoms with Crippen LogP contribution in [0.5, 0.6) is 11.6 Å². The van der Waals surface area contributed by atoms with Crippen molar-refractivity contribution in [2.75, 3.05) is 0 Å². The van der Waals surface area contributed by atoms with E-state index in [4.69, 9.17) is 16.3 Å². The first-order valence-electron chi connectivity index (χ1n) is 6.67. The number of ether oxygens (including phenoxy) is 1. The Hall–Kier alpha value is -1.10. The molecule has 1 aromatic heterocycles. The average Bonchev–Trinajstić information content (AvgIpc) is 2.40. The summed E-state index contributed by atoms with van der Waals surface area (Å²) in [6, 6.07) is 9.37. The lowest BCUT2D eigenvalue weighted by atomic mass is 10.1. The fraction of sp³-hybridized carbons (Fsp3) is 0.312. The molecule has 0 aliphatic rings. The predicted molar refractivity (Wildman–Crippen MR) is 90.1 cm³/mol. The van der Waals surface area contributed by atoms with E-state index in [1.54, 1.807) is 12.3 Å². The lowest BCUT2D eigenvalue weighted by molar-refractivity contribution is 0.409. The molecule has 1 N–H and O–H groups in total. The van der Waals surface area contributed by atoms with Gasteiger partial charge in [0.2, 0.25) is 5.88 Å². The number of halogens is 2. The number of nitrogens with one attached hydrogen (secondary N) is 1. The molecule has 2 rings (SSSR count). The van der Waals surface area contributed by atoms with Crippen molar-refractivity contribution >= 4 is 27.5 Å². The van der Waals surface area contributed by atoms with Crippen LogP contribution in [0, 0.1) is 0 Å². The van der Waals surface area contributed by atoms with Crippen LogP contribution < -0.4 is 10.1 Å². The Balaban J connectivity index is 2.25. The van der Waals surface area contributed by atoms with Crippen molar-refractivity contribution in [2.24, 2.45) is 0 Å². The highest BCUT2D eigenvalue weighted by Gasteiger charge is 2.13. The van der Waals surface area contributed by atoms with E-state index < -0.39 is 0 Å². The van der Waals surface area contributed by atoms with Crippen LogP contribution in [-0.4, -0.2) is 10.5 Å². The monoisotopic (exact) mass is 368 g/mol. The molecule has 0 saturated heterocycles. The smallest absolute Gasteiger partial charge is 0.223 e. The van der Waals surface area contributed by atoms with Gasteiger partial charge in [0.1, 0.15) is 5.75 Å². The molecule has 1 aromatic carbocycles. The first-order valence-corrected chi connectivity index (χ1v) is 7.84. The van der Waals surface area contributed by atoms with E-state index in [2.05, 4.69) is 47.0 Å². The van der Waals surface area contributed by atoms with E-state index in [0.29, 0.717) is 23.2 Å². The van der Waals surface area contributed by atoms with Gasteiger partial charge < -0.3 is 10.1 Å². The van der Waals surface area contributed by atoms with Crippen LogP contribution in [0.25, 0.3) is 0 Å². The predicted octanol–water partition coefficient (Wildman–Crippen LogP) is 5.18. The van der Waals surface area contributed by atoms with E-state index >= 15 is 0 Å². The van der Waals surface area contributed by atoms with Gasteiger partial charge in [0.25, 0.3) is 0 Å². The topological polar surface area (TPSA) is 34.2 Å². The van der Waals surface area contributed by atoms with Crippen LogP contribution >= 0.6 is 27.5 Å². The molecule has 0 amide bonds. The quantitative estimate of drug-likeness (QED) is 0.806. The number of rotatable bonds is 4. The highest BCUT2D eigenvalue weighted by molar-refractivity contribution is 9.10. The second-order valence-electron chi connectivity index (χ2n) is 5.75. The Bertz CT molecular complexity index is 626. The molecule has 21 heavy (non-hydrogen) atoms. The van der Waals surface area contributed by atoms with Crippen LogP contribution in [0.15, 0.2) is 41.0 Å². The van der Waals surface area contributed by atoms with Gasteiger partial charge in [-0.3, -0.25) is 0 Å². The normalized spacial score (nSPS) is 11.5. The zero-order chi connectivity index (χ0) is 15.5. The van der Waals surface area contributed by atoms with E-state index in [1.807, 2.05) is 24.3 Å². The van der Waals surface area contributed by atoms with Gasteiger partial charge in [-0.05, 0) is 54.9 Å². The maximum Gasteiger partial charge on any atom is 0.223 e. The number of hydrogen-bond donors (Lipinski definition) is 1. The zero-order valence-corrected chi connectivity index (χ0v) is 14.6. The molecule has 0 atom stereocenters. The molecule has 0 fully saturated rings. The minimum absolute atomic E-state index is 0.0178. The Labute approximate surface area is 138 Å². The van der Waals surface area contributed by atoms with Crippen LogP contribution in [0.4, 0.5) is 0 Å². The lowest BCUT2D eigenvalue weighted by Crippen LogP contribution is -2.35. The van der Waals surface area contributed by atoms with E-state index in [0.717, 1.165) is 10.0 Å². The van der Waals surface area contributed by atoms with Crippen LogP contribution in [-0.2, 0) is 6.54 Å². The summed E-state index contributed by atoms with van der Waals surface area (Å²) in [6.07, 6.45) is 1.72. The molecule has 1 heterocycles. The number of aromatic nitrogens is 1. The van der Waals surface area contributed by atoms with Gasteiger partial charge in [-0.1, -0.05) is 23.7 Å². The summed E-state index contributed by atoms with van der Waals surface area (Å²) in [7, 11) is 0. The summed E-state index contributed by atoms with van der Waals surface area (Å²) in [4.78, 5) is 4.35. The Kier molecular flexibility index (Phi) is 5.25. The van der Waals surface area contributed by atoms with Crippen molar-refractivity contribution in [1.82, 2.24) is 10.3 Å². The fourth-order valence-electron chi connectivity index (χ4n) is 1.68. The molecule has 0 unspecified atom stereocenters. The summed E-state index contributed by atoms with van der Waals surface area (Å²) in [5.74, 6) is 1.16. The number of hydrogen-bond acceptors (Lipinski definition) is 3. The molecule has 5 heteroatoms.